The lowest BCUT2D eigenvalue weighted by molar-refractivity contribution is -0.137. The van der Waals surface area contributed by atoms with Gasteiger partial charge in [0.15, 0.2) is 11.0 Å². The monoisotopic (exact) mass is 333 g/mol. The van der Waals surface area contributed by atoms with Crippen LogP contribution in [0.15, 0.2) is 29.4 Å². The zero-order chi connectivity index (χ0) is 16.4. The third kappa shape index (κ3) is 3.19. The van der Waals surface area contributed by atoms with E-state index in [-0.39, 0.29) is 17.3 Å². The molecule has 23 heavy (non-hydrogen) atoms. The maximum atomic E-state index is 11.7. The number of nitrogens with zero attached hydrogens (tertiary/aromatic N) is 3. The first-order valence-corrected chi connectivity index (χ1v) is 8.40. The first kappa shape index (κ1) is 15.9. The molecule has 6 nitrogen and oxygen atoms in total. The Morgan fingerprint density at radius 1 is 1.30 bits per heavy atom. The molecule has 1 aliphatic heterocycles. The Bertz CT molecular complexity index is 697. The van der Waals surface area contributed by atoms with Crippen LogP contribution in [-0.4, -0.2) is 39.7 Å². The summed E-state index contributed by atoms with van der Waals surface area (Å²) in [6.07, 6.45) is 0.715. The van der Waals surface area contributed by atoms with Crippen molar-refractivity contribution in [3.05, 3.63) is 24.3 Å². The molecular formula is C16H19N3O3S. The summed E-state index contributed by atoms with van der Waals surface area (Å²) in [5, 5.41) is 9.17. The minimum atomic E-state index is -0.194. The number of benzene rings is 1. The Balaban J connectivity index is 1.92. The fourth-order valence-electron chi connectivity index (χ4n) is 2.47. The van der Waals surface area contributed by atoms with E-state index in [0.717, 1.165) is 22.3 Å². The lowest BCUT2D eigenvalue weighted by Crippen LogP contribution is -2.12. The van der Waals surface area contributed by atoms with Gasteiger partial charge in [0.2, 0.25) is 0 Å². The smallest absolute Gasteiger partial charge is 0.319 e. The number of cyclic esters (lactones) is 1. The summed E-state index contributed by atoms with van der Waals surface area (Å²) in [4.78, 5) is 11.7. The van der Waals surface area contributed by atoms with Gasteiger partial charge in [0.25, 0.3) is 0 Å². The molecule has 2 heterocycles. The van der Waals surface area contributed by atoms with Gasteiger partial charge >= 0.3 is 5.97 Å². The van der Waals surface area contributed by atoms with Crippen LogP contribution < -0.4 is 4.74 Å². The highest BCUT2D eigenvalue weighted by molar-refractivity contribution is 8.00. The van der Waals surface area contributed by atoms with Gasteiger partial charge in [-0.25, -0.2) is 0 Å². The molecule has 3 rings (SSSR count). The second-order valence-electron chi connectivity index (χ2n) is 5.56. The molecule has 0 unspecified atom stereocenters. The third-order valence-electron chi connectivity index (χ3n) is 3.66. The van der Waals surface area contributed by atoms with Crippen LogP contribution >= 0.6 is 11.8 Å². The first-order valence-electron chi connectivity index (χ1n) is 7.52. The summed E-state index contributed by atoms with van der Waals surface area (Å²) >= 11 is 1.43. The van der Waals surface area contributed by atoms with Gasteiger partial charge in [0.1, 0.15) is 11.0 Å². The van der Waals surface area contributed by atoms with Crippen molar-refractivity contribution in [1.29, 1.82) is 0 Å². The molecule has 0 bridgehead atoms. The lowest BCUT2D eigenvalue weighted by Gasteiger charge is -2.14. The average Bonchev–Trinajstić information content (AvgIpc) is 3.15. The molecule has 1 saturated heterocycles. The normalized spacial score (nSPS) is 17.6. The van der Waals surface area contributed by atoms with E-state index in [1.54, 1.807) is 7.11 Å². The van der Waals surface area contributed by atoms with Gasteiger partial charge in [-0.3, -0.25) is 9.36 Å². The molecule has 0 spiro atoms. The first-order chi connectivity index (χ1) is 11.1. The molecule has 0 N–H and O–H groups in total. The van der Waals surface area contributed by atoms with Crippen LogP contribution in [0.3, 0.4) is 0 Å². The Labute approximate surface area is 139 Å². The third-order valence-corrected chi connectivity index (χ3v) is 4.87. The Kier molecular flexibility index (Phi) is 4.56. The molecule has 0 amide bonds. The molecule has 7 heteroatoms. The van der Waals surface area contributed by atoms with Crippen molar-refractivity contribution >= 4 is 17.7 Å². The predicted octanol–water partition coefficient (Wildman–Crippen LogP) is 2.94. The van der Waals surface area contributed by atoms with Crippen LogP contribution in [-0.2, 0) is 9.53 Å². The second-order valence-corrected chi connectivity index (χ2v) is 6.73. The van der Waals surface area contributed by atoms with Crippen LogP contribution in [0, 0.1) is 0 Å². The highest BCUT2D eigenvalue weighted by atomic mass is 32.2. The van der Waals surface area contributed by atoms with Crippen molar-refractivity contribution in [2.45, 2.75) is 36.7 Å². The fraction of sp³-hybridized carbons (Fsp3) is 0.438. The van der Waals surface area contributed by atoms with Crippen molar-refractivity contribution in [1.82, 2.24) is 14.8 Å². The van der Waals surface area contributed by atoms with Gasteiger partial charge in [0.05, 0.1) is 13.7 Å². The predicted molar refractivity (Wildman–Crippen MR) is 87.6 cm³/mol. The highest BCUT2D eigenvalue weighted by Crippen LogP contribution is 2.33. The second kappa shape index (κ2) is 6.62. The maximum absolute atomic E-state index is 11.7. The zero-order valence-corrected chi connectivity index (χ0v) is 14.2. The van der Waals surface area contributed by atoms with Gasteiger partial charge in [-0.05, 0) is 38.1 Å². The van der Waals surface area contributed by atoms with E-state index in [1.165, 1.54) is 11.8 Å². The topological polar surface area (TPSA) is 66.2 Å². The number of carbonyl (C=O) groups is 1. The number of ether oxygens (including phenoxy) is 2. The van der Waals surface area contributed by atoms with Gasteiger partial charge in [-0.15, -0.1) is 10.2 Å². The van der Waals surface area contributed by atoms with E-state index in [9.17, 15) is 4.79 Å². The van der Waals surface area contributed by atoms with Crippen LogP contribution in [0.2, 0.25) is 0 Å². The molecule has 1 fully saturated rings. The van der Waals surface area contributed by atoms with E-state index in [1.807, 2.05) is 24.3 Å². The quantitative estimate of drug-likeness (QED) is 0.784. The summed E-state index contributed by atoms with van der Waals surface area (Å²) in [7, 11) is 1.64. The van der Waals surface area contributed by atoms with Crippen molar-refractivity contribution in [3.63, 3.8) is 0 Å². The highest BCUT2D eigenvalue weighted by Gasteiger charge is 2.30. The van der Waals surface area contributed by atoms with Gasteiger partial charge < -0.3 is 9.47 Å². The fourth-order valence-corrected chi connectivity index (χ4v) is 3.60. The number of methoxy groups -OCH3 is 1. The summed E-state index contributed by atoms with van der Waals surface area (Å²) in [5.74, 6) is 1.42. The minimum Gasteiger partial charge on any atom is -0.497 e. The van der Waals surface area contributed by atoms with Crippen LogP contribution in [0.1, 0.15) is 26.3 Å². The molecule has 2 aromatic rings. The maximum Gasteiger partial charge on any atom is 0.319 e. The molecule has 1 aliphatic rings. The van der Waals surface area contributed by atoms with E-state index >= 15 is 0 Å². The number of rotatable bonds is 5. The molecule has 0 radical (unpaired) electrons. The van der Waals surface area contributed by atoms with Crippen molar-refractivity contribution in [2.75, 3.05) is 13.7 Å². The molecule has 122 valence electrons. The van der Waals surface area contributed by atoms with Crippen molar-refractivity contribution in [2.24, 2.45) is 0 Å². The number of thioether (sulfide) groups is 1. The standard InChI is InChI=1S/C16H19N3O3S/c1-10(2)19-14(11-4-6-12(21-3)7-5-11)17-18-16(19)23-13-8-9-22-15(13)20/h4-7,10,13H,8-9H2,1-3H3/t13-/m0/s1. The molecule has 1 aromatic carbocycles. The van der Waals surface area contributed by atoms with Crippen LogP contribution in [0.25, 0.3) is 11.4 Å². The Morgan fingerprint density at radius 2 is 2.04 bits per heavy atom. The lowest BCUT2D eigenvalue weighted by atomic mass is 10.2. The average molecular weight is 333 g/mol. The number of aromatic nitrogens is 3. The molecule has 0 saturated carbocycles. The summed E-state index contributed by atoms with van der Waals surface area (Å²) < 4.78 is 12.3. The van der Waals surface area contributed by atoms with Gasteiger partial charge in [-0.1, -0.05) is 11.8 Å². The van der Waals surface area contributed by atoms with E-state index in [0.29, 0.717) is 13.0 Å². The van der Waals surface area contributed by atoms with Crippen LogP contribution in [0.4, 0.5) is 0 Å². The number of hydrogen-bond acceptors (Lipinski definition) is 6. The number of esters is 1. The van der Waals surface area contributed by atoms with E-state index in [4.69, 9.17) is 9.47 Å². The SMILES string of the molecule is COc1ccc(-c2nnc(S[C@H]3CCOC3=O)n2C(C)C)cc1. The van der Waals surface area contributed by atoms with Gasteiger partial charge in [0, 0.05) is 18.0 Å². The summed E-state index contributed by atoms with van der Waals surface area (Å²) in [5.41, 5.74) is 0.966. The van der Waals surface area contributed by atoms with E-state index < -0.39 is 0 Å². The summed E-state index contributed by atoms with van der Waals surface area (Å²) in [6.45, 7) is 4.64. The Morgan fingerprint density at radius 3 is 2.61 bits per heavy atom. The van der Waals surface area contributed by atoms with Crippen molar-refractivity contribution in [3.8, 4) is 17.1 Å². The molecule has 0 aliphatic carbocycles. The number of hydrogen-bond donors (Lipinski definition) is 0. The summed E-state index contributed by atoms with van der Waals surface area (Å²) in [6, 6.07) is 7.90. The largest absolute Gasteiger partial charge is 0.497 e. The molecular weight excluding hydrogens is 314 g/mol. The zero-order valence-electron chi connectivity index (χ0n) is 13.4. The minimum absolute atomic E-state index is 0.167. The Hall–Kier alpha value is -2.02. The van der Waals surface area contributed by atoms with Crippen molar-refractivity contribution < 1.29 is 14.3 Å². The molecule has 1 aromatic heterocycles. The van der Waals surface area contributed by atoms with E-state index in [2.05, 4.69) is 28.6 Å². The van der Waals surface area contributed by atoms with Crippen LogP contribution in [0.5, 0.6) is 5.75 Å². The molecule has 1 atom stereocenters. The van der Waals surface area contributed by atoms with Gasteiger partial charge in [-0.2, -0.15) is 0 Å². The number of carbonyl (C=O) groups excluding carboxylic acids is 1.